The van der Waals surface area contributed by atoms with Crippen molar-refractivity contribution in [2.45, 2.75) is 26.8 Å². The largest absolute Gasteiger partial charge is 0.361 e. The molecule has 0 saturated carbocycles. The first-order chi connectivity index (χ1) is 12.6. The lowest BCUT2D eigenvalue weighted by molar-refractivity contribution is 0.384. The van der Waals surface area contributed by atoms with E-state index in [9.17, 15) is 0 Å². The van der Waals surface area contributed by atoms with Crippen LogP contribution in [-0.4, -0.2) is 29.5 Å². The summed E-state index contributed by atoms with van der Waals surface area (Å²) in [5, 5.41) is 9.28. The van der Waals surface area contributed by atoms with Gasteiger partial charge in [-0.2, -0.15) is 5.10 Å². The van der Waals surface area contributed by atoms with Gasteiger partial charge >= 0.3 is 0 Å². The van der Waals surface area contributed by atoms with Gasteiger partial charge in [0.15, 0.2) is 11.6 Å². The van der Waals surface area contributed by atoms with Gasteiger partial charge in [-0.05, 0) is 32.0 Å². The van der Waals surface area contributed by atoms with Gasteiger partial charge in [-0.25, -0.2) is 14.6 Å². The molecule has 7 nitrogen and oxygen atoms in total. The molecule has 0 N–H and O–H groups in total. The van der Waals surface area contributed by atoms with Crippen LogP contribution in [0.1, 0.15) is 28.7 Å². The Hall–Kier alpha value is -2.64. The average molecular weight is 403 g/mol. The Bertz CT molecular complexity index is 1140. The van der Waals surface area contributed by atoms with E-state index >= 15 is 0 Å². The second-order valence-electron chi connectivity index (χ2n) is 6.43. The Morgan fingerprint density at radius 2 is 2.07 bits per heavy atom. The van der Waals surface area contributed by atoms with Gasteiger partial charge in [0, 0.05) is 16.7 Å². The van der Waals surface area contributed by atoms with Gasteiger partial charge < -0.3 is 9.09 Å². The van der Waals surface area contributed by atoms with Crippen molar-refractivity contribution in [1.82, 2.24) is 29.5 Å². The summed E-state index contributed by atoms with van der Waals surface area (Å²) in [6, 6.07) is 7.69. The smallest absolute Gasteiger partial charge is 0.160 e. The van der Waals surface area contributed by atoms with Crippen LogP contribution in [-0.2, 0) is 13.0 Å². The van der Waals surface area contributed by atoms with Gasteiger partial charge in [-0.3, -0.25) is 0 Å². The highest BCUT2D eigenvalue weighted by Crippen LogP contribution is 2.33. The topological polar surface area (TPSA) is 74.6 Å². The molecule has 1 aliphatic rings. The van der Waals surface area contributed by atoms with Gasteiger partial charge in [0.1, 0.15) is 5.76 Å². The number of hydrogen-bond donors (Lipinski definition) is 0. The third kappa shape index (κ3) is 2.93. The second kappa shape index (κ2) is 6.51. The molecule has 0 fully saturated rings. The summed E-state index contributed by atoms with van der Waals surface area (Å²) in [5.74, 6) is 2.22. The zero-order valence-electron chi connectivity index (χ0n) is 14.7. The number of aromatic nitrogens is 6. The highest BCUT2D eigenvalue weighted by molar-refractivity contribution is 6.31. The van der Waals surface area contributed by atoms with E-state index in [-0.39, 0.29) is 12.4 Å². The summed E-state index contributed by atoms with van der Waals surface area (Å²) in [4.78, 5) is 9.22. The molecule has 0 amide bonds. The first-order valence-corrected chi connectivity index (χ1v) is 8.65. The molecule has 1 aliphatic heterocycles. The second-order valence-corrected chi connectivity index (χ2v) is 6.87. The standard InChI is InChI=1S/C18H15ClN6O.ClH/c1-10-5-13(26-23-10)7-17-21-18-14-6-12(19)3-4-15(14)24-9-20-11(2)16(24)8-25(18)22-17;/h3-6,9H,7-8H2,1-2H3;1H. The summed E-state index contributed by atoms with van der Waals surface area (Å²) in [5.41, 5.74) is 4.83. The molecular formula is C18H16Cl2N6O. The fourth-order valence-electron chi connectivity index (χ4n) is 3.33. The Balaban J connectivity index is 0.00000180. The third-order valence-electron chi connectivity index (χ3n) is 4.56. The number of rotatable bonds is 2. The minimum absolute atomic E-state index is 0. The average Bonchev–Trinajstić information content (AvgIpc) is 3.28. The maximum absolute atomic E-state index is 6.26. The molecule has 0 atom stereocenters. The van der Waals surface area contributed by atoms with Crippen molar-refractivity contribution in [3.63, 3.8) is 0 Å². The number of nitrogens with zero attached hydrogens (tertiary/aromatic N) is 6. The van der Waals surface area contributed by atoms with Gasteiger partial charge in [-0.1, -0.05) is 16.8 Å². The predicted molar refractivity (Wildman–Crippen MR) is 103 cm³/mol. The van der Waals surface area contributed by atoms with E-state index in [0.717, 1.165) is 39.9 Å². The molecule has 0 bridgehead atoms. The van der Waals surface area contributed by atoms with Crippen molar-refractivity contribution in [3.05, 3.63) is 64.3 Å². The van der Waals surface area contributed by atoms with Crippen LogP contribution in [0.15, 0.2) is 35.1 Å². The van der Waals surface area contributed by atoms with E-state index in [2.05, 4.69) is 14.7 Å². The van der Waals surface area contributed by atoms with E-state index in [1.54, 1.807) is 0 Å². The zero-order valence-corrected chi connectivity index (χ0v) is 16.3. The Morgan fingerprint density at radius 3 is 2.85 bits per heavy atom. The van der Waals surface area contributed by atoms with Crippen molar-refractivity contribution in [1.29, 1.82) is 0 Å². The van der Waals surface area contributed by atoms with Crippen LogP contribution in [0.3, 0.4) is 0 Å². The highest BCUT2D eigenvalue weighted by Gasteiger charge is 2.24. The number of halogens is 2. The Kier molecular flexibility index (Phi) is 4.28. The monoisotopic (exact) mass is 402 g/mol. The SMILES string of the molecule is Cc1cc(Cc2nc3n(n2)Cc2c(C)ncn2-c2ccc(Cl)cc2-3)on1.Cl. The molecule has 1 aromatic carbocycles. The van der Waals surface area contributed by atoms with Crippen molar-refractivity contribution >= 4 is 24.0 Å². The maximum atomic E-state index is 6.26. The van der Waals surface area contributed by atoms with Crippen LogP contribution in [0.5, 0.6) is 0 Å². The van der Waals surface area contributed by atoms with E-state index in [0.29, 0.717) is 23.8 Å². The molecule has 4 aromatic rings. The molecule has 5 rings (SSSR count). The molecule has 4 heterocycles. The number of aryl methyl sites for hydroxylation is 2. The molecule has 3 aromatic heterocycles. The van der Waals surface area contributed by atoms with Gasteiger partial charge in [0.05, 0.1) is 42.1 Å². The molecule has 9 heteroatoms. The van der Waals surface area contributed by atoms with Crippen LogP contribution in [0, 0.1) is 13.8 Å². The minimum Gasteiger partial charge on any atom is -0.361 e. The van der Waals surface area contributed by atoms with Gasteiger partial charge in [-0.15, -0.1) is 12.4 Å². The fourth-order valence-corrected chi connectivity index (χ4v) is 3.50. The molecule has 138 valence electrons. The number of fused-ring (bicyclic) bond motifs is 5. The van der Waals surface area contributed by atoms with E-state index in [4.69, 9.17) is 26.2 Å². The number of imidazole rings is 1. The summed E-state index contributed by atoms with van der Waals surface area (Å²) in [6.45, 7) is 4.49. The Morgan fingerprint density at radius 1 is 1.22 bits per heavy atom. The summed E-state index contributed by atoms with van der Waals surface area (Å²) >= 11 is 6.26. The van der Waals surface area contributed by atoms with Crippen molar-refractivity contribution in [2.24, 2.45) is 0 Å². The first-order valence-electron chi connectivity index (χ1n) is 8.27. The quantitative estimate of drug-likeness (QED) is 0.449. The molecular weight excluding hydrogens is 387 g/mol. The molecule has 27 heavy (non-hydrogen) atoms. The van der Waals surface area contributed by atoms with Crippen LogP contribution < -0.4 is 0 Å². The normalized spacial score (nSPS) is 12.0. The third-order valence-corrected chi connectivity index (χ3v) is 4.79. The maximum Gasteiger partial charge on any atom is 0.160 e. The number of hydrogen-bond acceptors (Lipinski definition) is 5. The van der Waals surface area contributed by atoms with Crippen molar-refractivity contribution in [3.8, 4) is 17.1 Å². The molecule has 0 aliphatic carbocycles. The van der Waals surface area contributed by atoms with Crippen LogP contribution in [0.4, 0.5) is 0 Å². The van der Waals surface area contributed by atoms with Gasteiger partial charge in [0.2, 0.25) is 0 Å². The first kappa shape index (κ1) is 17.8. The summed E-state index contributed by atoms with van der Waals surface area (Å²) in [6.07, 6.45) is 2.33. The van der Waals surface area contributed by atoms with Crippen LogP contribution in [0.2, 0.25) is 5.02 Å². The van der Waals surface area contributed by atoms with E-state index in [1.807, 2.05) is 49.1 Å². The van der Waals surface area contributed by atoms with Crippen LogP contribution >= 0.6 is 24.0 Å². The molecule has 0 unspecified atom stereocenters. The lowest BCUT2D eigenvalue weighted by Gasteiger charge is -2.08. The molecule has 0 spiro atoms. The summed E-state index contributed by atoms with van der Waals surface area (Å²) in [7, 11) is 0. The van der Waals surface area contributed by atoms with Crippen molar-refractivity contribution < 1.29 is 4.52 Å². The summed E-state index contributed by atoms with van der Waals surface area (Å²) < 4.78 is 9.29. The molecule has 0 radical (unpaired) electrons. The predicted octanol–water partition coefficient (Wildman–Crippen LogP) is 3.76. The zero-order chi connectivity index (χ0) is 17.8. The minimum atomic E-state index is 0. The molecule has 0 saturated heterocycles. The van der Waals surface area contributed by atoms with Crippen LogP contribution in [0.25, 0.3) is 17.1 Å². The lowest BCUT2D eigenvalue weighted by atomic mass is 10.1. The fraction of sp³-hybridized carbons (Fsp3) is 0.222. The van der Waals surface area contributed by atoms with Crippen molar-refractivity contribution in [2.75, 3.05) is 0 Å². The van der Waals surface area contributed by atoms with E-state index in [1.165, 1.54) is 0 Å². The van der Waals surface area contributed by atoms with E-state index < -0.39 is 0 Å². The Labute approximate surface area is 166 Å². The highest BCUT2D eigenvalue weighted by atomic mass is 35.5. The lowest BCUT2D eigenvalue weighted by Crippen LogP contribution is -2.06. The number of benzene rings is 1. The van der Waals surface area contributed by atoms with Gasteiger partial charge in [0.25, 0.3) is 0 Å².